The van der Waals surface area contributed by atoms with Crippen molar-refractivity contribution in [3.05, 3.63) is 29.9 Å². The van der Waals surface area contributed by atoms with Gasteiger partial charge in [0.05, 0.1) is 11.7 Å². The molecule has 0 aromatic carbocycles. The lowest BCUT2D eigenvalue weighted by Crippen LogP contribution is -2.46. The quantitative estimate of drug-likeness (QED) is 0.866. The molecule has 0 radical (unpaired) electrons. The minimum Gasteiger partial charge on any atom is -0.413 e. The molecule has 2 heterocycles. The summed E-state index contributed by atoms with van der Waals surface area (Å²) < 4.78 is 0. The molecular formula is C16H24N4O. The van der Waals surface area contributed by atoms with E-state index in [1.807, 2.05) is 13.2 Å². The fourth-order valence-corrected chi connectivity index (χ4v) is 4.45. The molecule has 1 fully saturated rings. The van der Waals surface area contributed by atoms with Crippen LogP contribution in [0.1, 0.15) is 34.1 Å². The Bertz CT molecular complexity index is 569. The molecule has 0 amide bonds. The monoisotopic (exact) mass is 288 g/mol. The fourth-order valence-electron chi connectivity index (χ4n) is 4.45. The average Bonchev–Trinajstić information content (AvgIpc) is 2.89. The van der Waals surface area contributed by atoms with Crippen LogP contribution in [0, 0.1) is 11.3 Å². The molecule has 1 aliphatic heterocycles. The molecule has 2 atom stereocenters. The molecule has 3 rings (SSSR count). The number of fused-ring (bicyclic) bond motifs is 1. The van der Waals surface area contributed by atoms with Gasteiger partial charge in [0, 0.05) is 31.4 Å². The van der Waals surface area contributed by atoms with Crippen LogP contribution in [-0.4, -0.2) is 29.1 Å². The second-order valence-electron chi connectivity index (χ2n) is 6.69. The lowest BCUT2D eigenvalue weighted by molar-refractivity contribution is 0.0621. The molecule has 1 saturated heterocycles. The topological polar surface area (TPSA) is 50.3 Å². The standard InChI is InChI=1S/C16H24N4O/c1-11-14(21-17-5)15(2,3)12-6-9-20(16(11,12)4)13-10-18-7-8-19-13/h7-8,10,12,17H,6,9H2,1-5H3. The van der Waals surface area contributed by atoms with Gasteiger partial charge in [0.25, 0.3) is 0 Å². The number of allylic oxidation sites excluding steroid dienone is 1. The Labute approximate surface area is 126 Å². The minimum absolute atomic E-state index is 0.0127. The molecule has 1 aliphatic carbocycles. The third kappa shape index (κ3) is 1.80. The number of hydroxylamine groups is 1. The van der Waals surface area contributed by atoms with Crippen molar-refractivity contribution >= 4 is 5.82 Å². The van der Waals surface area contributed by atoms with Gasteiger partial charge in [-0.1, -0.05) is 13.8 Å². The molecule has 0 bridgehead atoms. The summed E-state index contributed by atoms with van der Waals surface area (Å²) in [4.78, 5) is 16.9. The number of anilines is 1. The second kappa shape index (κ2) is 4.70. The molecule has 0 spiro atoms. The first-order valence-corrected chi connectivity index (χ1v) is 7.53. The Morgan fingerprint density at radius 2 is 2.10 bits per heavy atom. The lowest BCUT2D eigenvalue weighted by atomic mass is 9.74. The number of hydrogen-bond acceptors (Lipinski definition) is 5. The highest BCUT2D eigenvalue weighted by molar-refractivity contribution is 5.52. The van der Waals surface area contributed by atoms with E-state index in [-0.39, 0.29) is 11.0 Å². The van der Waals surface area contributed by atoms with Crippen LogP contribution in [0.2, 0.25) is 0 Å². The van der Waals surface area contributed by atoms with Crippen LogP contribution < -0.4 is 10.4 Å². The Morgan fingerprint density at radius 3 is 2.71 bits per heavy atom. The van der Waals surface area contributed by atoms with E-state index in [1.54, 1.807) is 12.4 Å². The van der Waals surface area contributed by atoms with Gasteiger partial charge in [0.2, 0.25) is 0 Å². The van der Waals surface area contributed by atoms with Crippen molar-refractivity contribution in [3.8, 4) is 0 Å². The molecule has 2 unspecified atom stereocenters. The highest BCUT2D eigenvalue weighted by Crippen LogP contribution is 2.59. The van der Waals surface area contributed by atoms with Gasteiger partial charge in [0.15, 0.2) is 0 Å². The van der Waals surface area contributed by atoms with E-state index in [9.17, 15) is 0 Å². The van der Waals surface area contributed by atoms with Crippen molar-refractivity contribution in [2.75, 3.05) is 18.5 Å². The molecule has 5 nitrogen and oxygen atoms in total. The molecule has 1 aromatic rings. The van der Waals surface area contributed by atoms with E-state index in [0.717, 1.165) is 24.5 Å². The van der Waals surface area contributed by atoms with Crippen LogP contribution in [0.25, 0.3) is 0 Å². The number of nitrogens with one attached hydrogen (secondary N) is 1. The van der Waals surface area contributed by atoms with Crippen LogP contribution >= 0.6 is 0 Å². The van der Waals surface area contributed by atoms with E-state index < -0.39 is 0 Å². The normalized spacial score (nSPS) is 30.7. The summed E-state index contributed by atoms with van der Waals surface area (Å²) in [5, 5.41) is 0. The van der Waals surface area contributed by atoms with Crippen molar-refractivity contribution in [1.82, 2.24) is 15.4 Å². The Balaban J connectivity index is 2.08. The summed E-state index contributed by atoms with van der Waals surface area (Å²) in [7, 11) is 1.81. The first-order chi connectivity index (χ1) is 9.94. The molecule has 5 heteroatoms. The van der Waals surface area contributed by atoms with Crippen LogP contribution in [0.3, 0.4) is 0 Å². The highest BCUT2D eigenvalue weighted by Gasteiger charge is 2.61. The first kappa shape index (κ1) is 14.3. The predicted octanol–water partition coefficient (Wildman–Crippen LogP) is 2.53. The number of nitrogens with zero attached hydrogens (tertiary/aromatic N) is 3. The van der Waals surface area contributed by atoms with Gasteiger partial charge in [-0.3, -0.25) is 4.98 Å². The largest absolute Gasteiger partial charge is 0.413 e. The molecule has 1 aromatic heterocycles. The van der Waals surface area contributed by atoms with E-state index in [2.05, 4.69) is 48.0 Å². The van der Waals surface area contributed by atoms with E-state index in [1.165, 1.54) is 5.57 Å². The maximum atomic E-state index is 5.78. The SMILES string of the molecule is CNOC1=C(C)C2(C)C(CCN2c2cnccn2)C1(C)C. The Kier molecular flexibility index (Phi) is 3.20. The van der Waals surface area contributed by atoms with E-state index in [0.29, 0.717) is 5.92 Å². The van der Waals surface area contributed by atoms with E-state index >= 15 is 0 Å². The van der Waals surface area contributed by atoms with Gasteiger partial charge in [-0.15, -0.1) is 0 Å². The molecule has 2 aliphatic rings. The summed E-state index contributed by atoms with van der Waals surface area (Å²) in [5.74, 6) is 2.52. The molecule has 21 heavy (non-hydrogen) atoms. The third-order valence-corrected chi connectivity index (χ3v) is 5.47. The van der Waals surface area contributed by atoms with Gasteiger partial charge in [-0.25, -0.2) is 4.98 Å². The van der Waals surface area contributed by atoms with Crippen molar-refractivity contribution in [2.24, 2.45) is 11.3 Å². The molecule has 1 N–H and O–H groups in total. The second-order valence-corrected chi connectivity index (χ2v) is 6.69. The summed E-state index contributed by atoms with van der Waals surface area (Å²) in [6.07, 6.45) is 6.46. The predicted molar refractivity (Wildman–Crippen MR) is 82.5 cm³/mol. The maximum absolute atomic E-state index is 5.78. The van der Waals surface area contributed by atoms with Crippen LogP contribution in [0.15, 0.2) is 29.9 Å². The summed E-state index contributed by atoms with van der Waals surface area (Å²) in [6.45, 7) is 10.1. The summed E-state index contributed by atoms with van der Waals surface area (Å²) in [5.41, 5.74) is 4.09. The Hall–Kier alpha value is -1.62. The van der Waals surface area contributed by atoms with Crippen molar-refractivity contribution in [2.45, 2.75) is 39.7 Å². The van der Waals surface area contributed by atoms with Gasteiger partial charge in [0.1, 0.15) is 11.6 Å². The van der Waals surface area contributed by atoms with Crippen molar-refractivity contribution in [1.29, 1.82) is 0 Å². The zero-order valence-electron chi connectivity index (χ0n) is 13.5. The maximum Gasteiger partial charge on any atom is 0.147 e. The van der Waals surface area contributed by atoms with Crippen molar-refractivity contribution in [3.63, 3.8) is 0 Å². The van der Waals surface area contributed by atoms with E-state index in [4.69, 9.17) is 4.84 Å². The fraction of sp³-hybridized carbons (Fsp3) is 0.625. The molecule has 0 saturated carbocycles. The zero-order chi connectivity index (χ0) is 15.3. The minimum atomic E-state index is -0.0638. The lowest BCUT2D eigenvalue weighted by Gasteiger charge is -2.39. The number of aromatic nitrogens is 2. The van der Waals surface area contributed by atoms with Crippen molar-refractivity contribution < 1.29 is 4.84 Å². The number of hydrogen-bond donors (Lipinski definition) is 1. The smallest absolute Gasteiger partial charge is 0.147 e. The van der Waals surface area contributed by atoms with Crippen LogP contribution in [-0.2, 0) is 4.84 Å². The van der Waals surface area contributed by atoms with Gasteiger partial charge < -0.3 is 9.74 Å². The average molecular weight is 288 g/mol. The Morgan fingerprint density at radius 1 is 1.33 bits per heavy atom. The first-order valence-electron chi connectivity index (χ1n) is 7.53. The van der Waals surface area contributed by atoms with Gasteiger partial charge in [-0.2, -0.15) is 5.48 Å². The summed E-state index contributed by atoms with van der Waals surface area (Å²) >= 11 is 0. The van der Waals surface area contributed by atoms with Crippen LogP contribution in [0.4, 0.5) is 5.82 Å². The molecular weight excluding hydrogens is 264 g/mol. The van der Waals surface area contributed by atoms with Gasteiger partial charge >= 0.3 is 0 Å². The summed E-state index contributed by atoms with van der Waals surface area (Å²) in [6, 6.07) is 0. The third-order valence-electron chi connectivity index (χ3n) is 5.47. The van der Waals surface area contributed by atoms with Gasteiger partial charge in [-0.05, 0) is 31.8 Å². The zero-order valence-corrected chi connectivity index (χ0v) is 13.5. The van der Waals surface area contributed by atoms with Crippen LogP contribution in [0.5, 0.6) is 0 Å². The highest BCUT2D eigenvalue weighted by atomic mass is 16.6. The molecule has 114 valence electrons. The number of rotatable bonds is 3.